The first-order chi connectivity index (χ1) is 22.8. The number of nitrogens with two attached hydrogens (primary N) is 1. The number of benzene rings is 2. The maximum atomic E-state index is 12.3. The molecule has 11 heteroatoms. The molecule has 0 aliphatic carbocycles. The van der Waals surface area contributed by atoms with Gasteiger partial charge in [0.25, 0.3) is 0 Å². The van der Waals surface area contributed by atoms with Crippen LogP contribution in [0, 0.1) is 0 Å². The van der Waals surface area contributed by atoms with Crippen molar-refractivity contribution < 1.29 is 29.7 Å². The number of ether oxygens (including phenoxy) is 2. The number of aliphatic hydroxyl groups excluding tert-OH is 1. The van der Waals surface area contributed by atoms with Crippen molar-refractivity contribution in [3.8, 4) is 17.2 Å². The number of nitrogens with one attached hydrogen (secondary N) is 3. The topological polar surface area (TPSA) is 162 Å². The maximum absolute atomic E-state index is 12.3. The fraction of sp³-hybridized carbons (Fsp3) is 0.583. The van der Waals surface area contributed by atoms with Gasteiger partial charge in [0.05, 0.1) is 36.8 Å². The number of methoxy groups -OCH3 is 1. The molecule has 264 valence electrons. The van der Waals surface area contributed by atoms with Crippen molar-refractivity contribution in [2.75, 3.05) is 51.4 Å². The summed E-state index contributed by atoms with van der Waals surface area (Å²) in [6.07, 6.45) is 9.86. The van der Waals surface area contributed by atoms with E-state index in [2.05, 4.69) is 22.9 Å². The van der Waals surface area contributed by atoms with E-state index in [0.29, 0.717) is 22.7 Å². The van der Waals surface area contributed by atoms with E-state index in [1.807, 2.05) is 19.1 Å². The van der Waals surface area contributed by atoms with Gasteiger partial charge in [0, 0.05) is 18.2 Å². The fourth-order valence-electron chi connectivity index (χ4n) is 5.17. The lowest BCUT2D eigenvalue weighted by atomic mass is 9.92. The van der Waals surface area contributed by atoms with Crippen molar-refractivity contribution in [2.24, 2.45) is 5.73 Å². The summed E-state index contributed by atoms with van der Waals surface area (Å²) in [6.45, 7) is 12.6. The number of Topliss-reactive ketones (excluding diaryl/α,β-unsaturated/α-hetero) is 1. The average molecular weight is 658 g/mol. The van der Waals surface area contributed by atoms with Gasteiger partial charge in [-0.15, -0.1) is 0 Å². The highest BCUT2D eigenvalue weighted by molar-refractivity contribution is 6.15. The summed E-state index contributed by atoms with van der Waals surface area (Å²) in [5.74, 6) is 1.06. The van der Waals surface area contributed by atoms with Gasteiger partial charge in [-0.2, -0.15) is 0 Å². The van der Waals surface area contributed by atoms with E-state index in [1.165, 1.54) is 25.7 Å². The van der Waals surface area contributed by atoms with Crippen LogP contribution in [-0.4, -0.2) is 79.7 Å². The van der Waals surface area contributed by atoms with Crippen molar-refractivity contribution in [1.29, 1.82) is 0 Å². The fourth-order valence-corrected chi connectivity index (χ4v) is 5.17. The van der Waals surface area contributed by atoms with E-state index in [9.17, 15) is 20.2 Å². The second kappa shape index (κ2) is 23.1. The van der Waals surface area contributed by atoms with E-state index < -0.39 is 6.04 Å². The second-order valence-corrected chi connectivity index (χ2v) is 11.9. The molecule has 2 aromatic carbocycles. The van der Waals surface area contributed by atoms with Crippen LogP contribution in [0.4, 0.5) is 5.69 Å². The summed E-state index contributed by atoms with van der Waals surface area (Å²) in [6, 6.07) is 9.87. The minimum atomic E-state index is -0.600. The minimum absolute atomic E-state index is 0.0800. The van der Waals surface area contributed by atoms with Crippen molar-refractivity contribution in [1.82, 2.24) is 16.0 Å². The van der Waals surface area contributed by atoms with Gasteiger partial charge in [-0.25, -0.2) is 5.06 Å². The van der Waals surface area contributed by atoms with Crippen LogP contribution in [0.2, 0.25) is 0 Å². The molecule has 2 atom stereocenters. The summed E-state index contributed by atoms with van der Waals surface area (Å²) in [5.41, 5.74) is 7.49. The molecule has 1 aliphatic rings. The Morgan fingerprint density at radius 2 is 1.64 bits per heavy atom. The Labute approximate surface area is 281 Å². The molecule has 0 amide bonds. The molecule has 47 heavy (non-hydrogen) atoms. The molecule has 0 saturated heterocycles. The number of rotatable bonds is 21. The molecule has 0 bridgehead atoms. The van der Waals surface area contributed by atoms with Crippen molar-refractivity contribution in [3.63, 3.8) is 0 Å². The number of ketones is 1. The number of hydroxylamine groups is 1. The molecule has 0 spiro atoms. The highest BCUT2D eigenvalue weighted by atomic mass is 16.5. The van der Waals surface area contributed by atoms with E-state index in [1.54, 1.807) is 38.3 Å². The molecule has 0 fully saturated rings. The lowest BCUT2D eigenvalue weighted by Gasteiger charge is -2.32. The van der Waals surface area contributed by atoms with Crippen LogP contribution >= 0.6 is 0 Å². The van der Waals surface area contributed by atoms with Gasteiger partial charge in [-0.05, 0) is 121 Å². The van der Waals surface area contributed by atoms with Gasteiger partial charge in [0.2, 0.25) is 0 Å². The highest BCUT2D eigenvalue weighted by Crippen LogP contribution is 2.35. The second-order valence-electron chi connectivity index (χ2n) is 11.9. The number of unbranched alkanes of at least 4 members (excludes halogenated alkanes) is 3. The number of carbonyl (C=O) groups excluding carboxylic acids is 1. The Bertz CT molecular complexity index is 1210. The first-order valence-electron chi connectivity index (χ1n) is 17.1. The molecular formula is C36H59N5O6. The van der Waals surface area contributed by atoms with Gasteiger partial charge in [-0.1, -0.05) is 25.8 Å². The van der Waals surface area contributed by atoms with Crippen molar-refractivity contribution >= 4 is 11.5 Å². The number of nitrogens with zero attached hydrogens (tertiary/aromatic N) is 1. The van der Waals surface area contributed by atoms with Gasteiger partial charge >= 0.3 is 0 Å². The number of hydrogen-bond acceptors (Lipinski definition) is 11. The smallest absolute Gasteiger partial charge is 0.196 e. The van der Waals surface area contributed by atoms with Crippen LogP contribution in [0.1, 0.15) is 88.1 Å². The Kier molecular flexibility index (Phi) is 19.5. The molecule has 0 radical (unpaired) electrons. The lowest BCUT2D eigenvalue weighted by molar-refractivity contribution is 0.0996. The summed E-state index contributed by atoms with van der Waals surface area (Å²) in [5, 5.41) is 40.3. The van der Waals surface area contributed by atoms with Crippen LogP contribution in [-0.2, 0) is 6.54 Å². The number of hydrogen-bond donors (Lipinski definition) is 7. The van der Waals surface area contributed by atoms with Crippen LogP contribution in [0.15, 0.2) is 48.2 Å². The lowest BCUT2D eigenvalue weighted by Crippen LogP contribution is -2.39. The van der Waals surface area contributed by atoms with Crippen LogP contribution < -0.4 is 36.2 Å². The first kappa shape index (κ1) is 39.8. The molecule has 3 rings (SSSR count). The molecule has 2 unspecified atom stereocenters. The number of phenolic OH excluding ortho intramolecular Hbond substituents is 1. The molecule has 8 N–H and O–H groups in total. The van der Waals surface area contributed by atoms with E-state index in [0.717, 1.165) is 88.4 Å². The molecular weight excluding hydrogens is 598 g/mol. The van der Waals surface area contributed by atoms with E-state index in [4.69, 9.17) is 15.2 Å². The van der Waals surface area contributed by atoms with Crippen LogP contribution in [0.3, 0.4) is 0 Å². The monoisotopic (exact) mass is 657 g/mol. The van der Waals surface area contributed by atoms with Crippen LogP contribution in [0.5, 0.6) is 17.2 Å². The third-order valence-electron chi connectivity index (χ3n) is 8.03. The first-order valence-corrected chi connectivity index (χ1v) is 17.1. The molecule has 11 nitrogen and oxygen atoms in total. The number of anilines is 1. The van der Waals surface area contributed by atoms with E-state index >= 15 is 0 Å². The quantitative estimate of drug-likeness (QED) is 0.0520. The molecule has 0 aromatic heterocycles. The summed E-state index contributed by atoms with van der Waals surface area (Å²) in [7, 11) is 1.56. The zero-order valence-corrected chi connectivity index (χ0v) is 28.9. The Morgan fingerprint density at radius 1 is 0.957 bits per heavy atom. The van der Waals surface area contributed by atoms with Crippen molar-refractivity contribution in [2.45, 2.75) is 90.8 Å². The highest BCUT2D eigenvalue weighted by Gasteiger charge is 2.33. The average Bonchev–Trinajstić information content (AvgIpc) is 3.07. The number of fused-ring (bicyclic) bond motifs is 1. The zero-order chi connectivity index (χ0) is 34.4. The Hall–Kier alpha value is -3.35. The third-order valence-corrected chi connectivity index (χ3v) is 8.03. The normalized spacial score (nSPS) is 15.6. The van der Waals surface area contributed by atoms with E-state index in [-0.39, 0.29) is 23.2 Å². The minimum Gasteiger partial charge on any atom is -0.515 e. The standard InChI is InChI=1S/C18H34N4O2.C18H25NO4/c1-24-18-14-16(6-7-17(18)23)15-22-13-5-12-21-10-3-2-9-20-11-4-8-19;1-4-5-6-7-12(2)23-14-8-9-15-17(10-14)19(22)13(3)16(11-20)18(15)21/h6-7,14,20-23H,2-5,8-13,15,19H2,1H3;8-13,20,22H,4-7H2,1-3H3. The molecule has 1 heterocycles. The maximum Gasteiger partial charge on any atom is 0.196 e. The van der Waals surface area contributed by atoms with Gasteiger partial charge in [-0.3, -0.25) is 10.0 Å². The molecule has 1 aliphatic heterocycles. The predicted octanol–water partition coefficient (Wildman–Crippen LogP) is 5.45. The Balaban J connectivity index is 0.000000327. The Morgan fingerprint density at radius 3 is 2.30 bits per heavy atom. The number of phenols is 1. The number of aliphatic hydroxyl groups is 1. The summed E-state index contributed by atoms with van der Waals surface area (Å²) in [4.78, 5) is 12.3. The SMILES string of the molecule is CCCCCC(C)Oc1ccc2c(c1)N(O)C(C)C(=CO)C2=O.COc1cc(CNCCCNCCCCNCCCN)ccc1O. The summed E-state index contributed by atoms with van der Waals surface area (Å²) >= 11 is 0. The van der Waals surface area contributed by atoms with Gasteiger partial charge in [0.15, 0.2) is 17.3 Å². The van der Waals surface area contributed by atoms with Gasteiger partial charge in [0.1, 0.15) is 5.75 Å². The molecule has 2 aromatic rings. The van der Waals surface area contributed by atoms with Crippen molar-refractivity contribution in [3.05, 3.63) is 59.4 Å². The molecule has 0 saturated carbocycles. The predicted molar refractivity (Wildman–Crippen MR) is 189 cm³/mol. The zero-order valence-electron chi connectivity index (χ0n) is 28.9. The largest absolute Gasteiger partial charge is 0.515 e. The summed E-state index contributed by atoms with van der Waals surface area (Å²) < 4.78 is 11.0. The van der Waals surface area contributed by atoms with Crippen LogP contribution in [0.25, 0.3) is 0 Å². The number of carbonyl (C=O) groups is 1. The number of aromatic hydroxyl groups is 1. The van der Waals surface area contributed by atoms with Gasteiger partial charge < -0.3 is 41.4 Å². The third kappa shape index (κ3) is 14.1.